The first-order valence-electron chi connectivity index (χ1n) is 7.44. The monoisotopic (exact) mass is 284 g/mol. The van der Waals surface area contributed by atoms with E-state index in [-0.39, 0.29) is 17.9 Å². The molecule has 1 saturated carbocycles. The van der Waals surface area contributed by atoms with Gasteiger partial charge in [-0.25, -0.2) is 0 Å². The zero-order valence-electron chi connectivity index (χ0n) is 11.9. The van der Waals surface area contributed by atoms with Crippen LogP contribution in [0, 0.1) is 5.92 Å². The molecule has 1 aliphatic rings. The molecule has 0 saturated heterocycles. The van der Waals surface area contributed by atoms with E-state index in [0.717, 1.165) is 24.9 Å². The average molecular weight is 284 g/mol. The first-order chi connectivity index (χ1) is 10.2. The maximum atomic E-state index is 12.2. The molecule has 1 aliphatic carbocycles. The minimum Gasteiger partial charge on any atom is -0.393 e. The van der Waals surface area contributed by atoms with Crippen LogP contribution in [0.15, 0.2) is 48.8 Å². The van der Waals surface area contributed by atoms with Crippen molar-refractivity contribution in [3.05, 3.63) is 54.4 Å². The first kappa shape index (κ1) is 13.9. The van der Waals surface area contributed by atoms with Crippen molar-refractivity contribution in [2.45, 2.75) is 25.4 Å². The molecule has 1 fully saturated rings. The standard InChI is InChI=1S/C17H20N2O2/c20-16-8-4-6-14(16)12-18-17(21)13-5-3-7-15(11-13)19-9-1-2-10-19/h1-3,5,7,9-11,14,16,20H,4,6,8,12H2,(H,18,21). The Labute approximate surface area is 124 Å². The van der Waals surface area contributed by atoms with E-state index in [1.54, 1.807) is 0 Å². The highest BCUT2D eigenvalue weighted by Gasteiger charge is 2.25. The summed E-state index contributed by atoms with van der Waals surface area (Å²) in [4.78, 5) is 12.2. The normalized spacial score (nSPS) is 21.4. The highest BCUT2D eigenvalue weighted by atomic mass is 16.3. The van der Waals surface area contributed by atoms with Crippen LogP contribution in [0.4, 0.5) is 0 Å². The average Bonchev–Trinajstić information content (AvgIpc) is 3.16. The quantitative estimate of drug-likeness (QED) is 0.905. The van der Waals surface area contributed by atoms with Crippen molar-refractivity contribution in [3.63, 3.8) is 0 Å². The molecule has 2 aromatic rings. The summed E-state index contributed by atoms with van der Waals surface area (Å²) in [6, 6.07) is 11.4. The fourth-order valence-electron chi connectivity index (χ4n) is 2.90. The lowest BCUT2D eigenvalue weighted by molar-refractivity contribution is 0.0917. The Morgan fingerprint density at radius 2 is 2.05 bits per heavy atom. The molecule has 1 aromatic carbocycles. The van der Waals surface area contributed by atoms with Gasteiger partial charge >= 0.3 is 0 Å². The molecule has 4 nitrogen and oxygen atoms in total. The molecule has 110 valence electrons. The lowest BCUT2D eigenvalue weighted by Gasteiger charge is -2.15. The van der Waals surface area contributed by atoms with Crippen LogP contribution in [0.25, 0.3) is 5.69 Å². The lowest BCUT2D eigenvalue weighted by atomic mass is 10.1. The molecular formula is C17H20N2O2. The smallest absolute Gasteiger partial charge is 0.251 e. The minimum absolute atomic E-state index is 0.0805. The van der Waals surface area contributed by atoms with Gasteiger partial charge in [-0.15, -0.1) is 0 Å². The minimum atomic E-state index is -0.267. The molecule has 2 atom stereocenters. The Morgan fingerprint density at radius 1 is 1.24 bits per heavy atom. The molecule has 0 bridgehead atoms. The Kier molecular flexibility index (Phi) is 4.06. The van der Waals surface area contributed by atoms with Crippen molar-refractivity contribution in [1.29, 1.82) is 0 Å². The summed E-state index contributed by atoms with van der Waals surface area (Å²) < 4.78 is 1.97. The van der Waals surface area contributed by atoms with Crippen molar-refractivity contribution in [3.8, 4) is 5.69 Å². The van der Waals surface area contributed by atoms with Crippen LogP contribution in [0.3, 0.4) is 0 Å². The third-order valence-corrected chi connectivity index (χ3v) is 4.15. The number of carbonyl (C=O) groups is 1. The number of nitrogens with one attached hydrogen (secondary N) is 1. The number of hydrogen-bond donors (Lipinski definition) is 2. The van der Waals surface area contributed by atoms with Gasteiger partial charge in [0.05, 0.1) is 6.10 Å². The van der Waals surface area contributed by atoms with E-state index >= 15 is 0 Å². The number of amides is 1. The molecule has 2 N–H and O–H groups in total. The van der Waals surface area contributed by atoms with Crippen LogP contribution in [-0.2, 0) is 0 Å². The molecule has 2 unspecified atom stereocenters. The maximum Gasteiger partial charge on any atom is 0.251 e. The SMILES string of the molecule is O=C(NCC1CCCC1O)c1cccc(-n2cccc2)c1. The topological polar surface area (TPSA) is 54.3 Å². The zero-order valence-corrected chi connectivity index (χ0v) is 11.9. The van der Waals surface area contributed by atoms with Gasteiger partial charge < -0.3 is 15.0 Å². The van der Waals surface area contributed by atoms with Crippen molar-refractivity contribution >= 4 is 5.91 Å². The number of hydrogen-bond acceptors (Lipinski definition) is 2. The number of rotatable bonds is 4. The second-order valence-electron chi connectivity index (χ2n) is 5.61. The maximum absolute atomic E-state index is 12.2. The fraction of sp³-hybridized carbons (Fsp3) is 0.353. The third-order valence-electron chi connectivity index (χ3n) is 4.15. The van der Waals surface area contributed by atoms with Crippen LogP contribution in [-0.4, -0.2) is 28.2 Å². The predicted octanol–water partition coefficient (Wildman–Crippen LogP) is 2.37. The van der Waals surface area contributed by atoms with E-state index in [1.165, 1.54) is 0 Å². The van der Waals surface area contributed by atoms with E-state index in [1.807, 2.05) is 53.4 Å². The molecule has 0 spiro atoms. The van der Waals surface area contributed by atoms with Crippen molar-refractivity contribution in [1.82, 2.24) is 9.88 Å². The third kappa shape index (κ3) is 3.16. The fourth-order valence-corrected chi connectivity index (χ4v) is 2.90. The van der Waals surface area contributed by atoms with Crippen molar-refractivity contribution < 1.29 is 9.90 Å². The van der Waals surface area contributed by atoms with Gasteiger partial charge in [-0.05, 0) is 43.2 Å². The predicted molar refractivity (Wildman–Crippen MR) is 81.5 cm³/mol. The van der Waals surface area contributed by atoms with E-state index < -0.39 is 0 Å². The van der Waals surface area contributed by atoms with Crippen LogP contribution in [0.5, 0.6) is 0 Å². The molecule has 1 amide bonds. The van der Waals surface area contributed by atoms with E-state index in [9.17, 15) is 9.90 Å². The van der Waals surface area contributed by atoms with E-state index in [4.69, 9.17) is 0 Å². The summed E-state index contributed by atoms with van der Waals surface area (Å²) in [5.74, 6) is 0.115. The van der Waals surface area contributed by atoms with Crippen LogP contribution in [0.1, 0.15) is 29.6 Å². The second-order valence-corrected chi connectivity index (χ2v) is 5.61. The van der Waals surface area contributed by atoms with Gasteiger partial charge in [-0.3, -0.25) is 4.79 Å². The van der Waals surface area contributed by atoms with Crippen LogP contribution in [0.2, 0.25) is 0 Å². The van der Waals surface area contributed by atoms with Crippen LogP contribution < -0.4 is 5.32 Å². The molecule has 3 rings (SSSR count). The molecule has 0 radical (unpaired) electrons. The summed E-state index contributed by atoms with van der Waals surface area (Å²) in [5.41, 5.74) is 1.61. The number of aliphatic hydroxyl groups excluding tert-OH is 1. The highest BCUT2D eigenvalue weighted by Crippen LogP contribution is 2.24. The number of nitrogens with zero attached hydrogens (tertiary/aromatic N) is 1. The zero-order chi connectivity index (χ0) is 14.7. The molecule has 21 heavy (non-hydrogen) atoms. The molecule has 0 aliphatic heterocycles. The molecular weight excluding hydrogens is 264 g/mol. The van der Waals surface area contributed by atoms with Gasteiger partial charge in [0.25, 0.3) is 5.91 Å². The first-order valence-corrected chi connectivity index (χ1v) is 7.44. The van der Waals surface area contributed by atoms with Crippen LogP contribution >= 0.6 is 0 Å². The van der Waals surface area contributed by atoms with Crippen molar-refractivity contribution in [2.75, 3.05) is 6.54 Å². The largest absolute Gasteiger partial charge is 0.393 e. The summed E-state index contributed by atoms with van der Waals surface area (Å²) in [5, 5.41) is 12.7. The van der Waals surface area contributed by atoms with Crippen molar-refractivity contribution in [2.24, 2.45) is 5.92 Å². The van der Waals surface area contributed by atoms with E-state index in [0.29, 0.717) is 12.1 Å². The summed E-state index contributed by atoms with van der Waals surface area (Å²) >= 11 is 0. The Bertz CT molecular complexity index is 607. The van der Waals surface area contributed by atoms with Gasteiger partial charge in [-0.2, -0.15) is 0 Å². The van der Waals surface area contributed by atoms with E-state index in [2.05, 4.69) is 5.32 Å². The summed E-state index contributed by atoms with van der Waals surface area (Å²) in [6.07, 6.45) is 6.52. The summed E-state index contributed by atoms with van der Waals surface area (Å²) in [6.45, 7) is 0.549. The number of aromatic nitrogens is 1. The van der Waals surface area contributed by atoms with Gasteiger partial charge in [0, 0.05) is 36.1 Å². The van der Waals surface area contributed by atoms with Gasteiger partial charge in [0.1, 0.15) is 0 Å². The number of aliphatic hydroxyl groups is 1. The lowest BCUT2D eigenvalue weighted by Crippen LogP contribution is -2.32. The Morgan fingerprint density at radius 3 is 2.76 bits per heavy atom. The second kappa shape index (κ2) is 6.14. The molecule has 4 heteroatoms. The Balaban J connectivity index is 1.66. The number of carbonyl (C=O) groups excluding carboxylic acids is 1. The van der Waals surface area contributed by atoms with Gasteiger partial charge in [0.2, 0.25) is 0 Å². The Hall–Kier alpha value is -2.07. The molecule has 1 heterocycles. The number of benzene rings is 1. The molecule has 1 aromatic heterocycles. The highest BCUT2D eigenvalue weighted by molar-refractivity contribution is 5.94. The summed E-state index contributed by atoms with van der Waals surface area (Å²) in [7, 11) is 0. The van der Waals surface area contributed by atoms with Gasteiger partial charge in [-0.1, -0.05) is 12.5 Å². The van der Waals surface area contributed by atoms with Gasteiger partial charge in [0.15, 0.2) is 0 Å².